The maximum atomic E-state index is 4.25. The van der Waals surface area contributed by atoms with Gasteiger partial charge in [0.15, 0.2) is 0 Å². The fourth-order valence-electron chi connectivity index (χ4n) is 1.56. The molecule has 0 saturated heterocycles. The first-order valence-electron chi connectivity index (χ1n) is 5.28. The molecule has 2 aromatic rings. The largest absolute Gasteiger partial charge is 0.341 e. The molecule has 0 aliphatic carbocycles. The first-order valence-corrected chi connectivity index (χ1v) is 6.22. The second-order valence-electron chi connectivity index (χ2n) is 3.84. The summed E-state index contributed by atoms with van der Waals surface area (Å²) in [5.41, 5.74) is 1.38. The summed E-state index contributed by atoms with van der Waals surface area (Å²) in [7, 11) is 2.03. The van der Waals surface area contributed by atoms with E-state index in [0.717, 1.165) is 12.4 Å². The average Bonchev–Trinajstić information content (AvgIpc) is 2.82. The van der Waals surface area contributed by atoms with Crippen molar-refractivity contribution in [3.8, 4) is 0 Å². The van der Waals surface area contributed by atoms with E-state index in [1.807, 2.05) is 13.1 Å². The molecule has 3 nitrogen and oxygen atoms in total. The van der Waals surface area contributed by atoms with Crippen molar-refractivity contribution in [2.75, 3.05) is 11.9 Å². The number of rotatable bonds is 4. The van der Waals surface area contributed by atoms with Crippen molar-refractivity contribution < 1.29 is 0 Å². The van der Waals surface area contributed by atoms with Crippen molar-refractivity contribution in [2.24, 2.45) is 0 Å². The van der Waals surface area contributed by atoms with Gasteiger partial charge in [-0.3, -0.25) is 0 Å². The Morgan fingerprint density at radius 2 is 2.12 bits per heavy atom. The van der Waals surface area contributed by atoms with E-state index in [9.17, 15) is 0 Å². The van der Waals surface area contributed by atoms with Crippen LogP contribution in [0.3, 0.4) is 0 Å². The van der Waals surface area contributed by atoms with E-state index in [1.54, 1.807) is 23.7 Å². The molecule has 0 bridgehead atoms. The normalized spacial score (nSPS) is 12.4. The number of hydrogen-bond acceptors (Lipinski definition) is 4. The van der Waals surface area contributed by atoms with Crippen molar-refractivity contribution in [3.63, 3.8) is 0 Å². The average molecular weight is 233 g/mol. The third-order valence-electron chi connectivity index (χ3n) is 2.64. The van der Waals surface area contributed by atoms with Gasteiger partial charge in [0.25, 0.3) is 0 Å². The second kappa shape index (κ2) is 5.07. The van der Waals surface area contributed by atoms with Gasteiger partial charge in [0.2, 0.25) is 5.95 Å². The van der Waals surface area contributed by atoms with Crippen LogP contribution in [0.1, 0.15) is 12.5 Å². The third kappa shape index (κ3) is 2.58. The van der Waals surface area contributed by atoms with E-state index in [0.29, 0.717) is 6.04 Å². The minimum atomic E-state index is 0.400. The Balaban J connectivity index is 2.02. The molecule has 2 heterocycles. The molecule has 2 rings (SSSR count). The minimum absolute atomic E-state index is 0.400. The Labute approximate surface area is 99.8 Å². The Kier molecular flexibility index (Phi) is 3.51. The Morgan fingerprint density at radius 3 is 2.75 bits per heavy atom. The van der Waals surface area contributed by atoms with Gasteiger partial charge in [-0.2, -0.15) is 11.3 Å². The van der Waals surface area contributed by atoms with Crippen molar-refractivity contribution in [2.45, 2.75) is 19.4 Å². The standard InChI is InChI=1S/C12H15N3S/c1-10(8-11-4-7-16-9-11)15(2)12-13-5-3-6-14-12/h3-7,9-10H,8H2,1-2H3. The van der Waals surface area contributed by atoms with E-state index in [1.165, 1.54) is 5.56 Å². The summed E-state index contributed by atoms with van der Waals surface area (Å²) in [6, 6.07) is 4.40. The zero-order valence-corrected chi connectivity index (χ0v) is 10.3. The van der Waals surface area contributed by atoms with Crippen LogP contribution in [0.2, 0.25) is 0 Å². The van der Waals surface area contributed by atoms with Gasteiger partial charge < -0.3 is 4.90 Å². The van der Waals surface area contributed by atoms with Crippen LogP contribution in [0.4, 0.5) is 5.95 Å². The molecule has 2 aromatic heterocycles. The maximum Gasteiger partial charge on any atom is 0.225 e. The van der Waals surface area contributed by atoms with Gasteiger partial charge in [-0.1, -0.05) is 0 Å². The predicted molar refractivity (Wildman–Crippen MR) is 67.9 cm³/mol. The summed E-state index contributed by atoms with van der Waals surface area (Å²) in [6.45, 7) is 2.19. The monoisotopic (exact) mass is 233 g/mol. The van der Waals surface area contributed by atoms with Gasteiger partial charge in [0.05, 0.1) is 0 Å². The zero-order chi connectivity index (χ0) is 11.4. The predicted octanol–water partition coefficient (Wildman–Crippen LogP) is 2.61. The molecule has 0 amide bonds. The van der Waals surface area contributed by atoms with Gasteiger partial charge >= 0.3 is 0 Å². The molecular formula is C12H15N3S. The highest BCUT2D eigenvalue weighted by Gasteiger charge is 2.12. The summed E-state index contributed by atoms with van der Waals surface area (Å²) < 4.78 is 0. The lowest BCUT2D eigenvalue weighted by Crippen LogP contribution is -2.31. The van der Waals surface area contributed by atoms with Crippen LogP contribution in [0.15, 0.2) is 35.3 Å². The van der Waals surface area contributed by atoms with Gasteiger partial charge in [0, 0.05) is 25.5 Å². The van der Waals surface area contributed by atoms with Crippen LogP contribution >= 0.6 is 11.3 Å². The molecule has 0 aliphatic rings. The van der Waals surface area contributed by atoms with Crippen molar-refractivity contribution in [1.29, 1.82) is 0 Å². The highest BCUT2D eigenvalue weighted by atomic mass is 32.1. The second-order valence-corrected chi connectivity index (χ2v) is 4.62. The number of anilines is 1. The molecule has 0 radical (unpaired) electrons. The van der Waals surface area contributed by atoms with Gasteiger partial charge in [0.1, 0.15) is 0 Å². The summed E-state index contributed by atoms with van der Waals surface area (Å²) in [4.78, 5) is 10.6. The lowest BCUT2D eigenvalue weighted by atomic mass is 10.1. The summed E-state index contributed by atoms with van der Waals surface area (Å²) >= 11 is 1.74. The molecule has 1 atom stereocenters. The number of aromatic nitrogens is 2. The molecule has 0 spiro atoms. The van der Waals surface area contributed by atoms with Crippen LogP contribution in [0.5, 0.6) is 0 Å². The third-order valence-corrected chi connectivity index (χ3v) is 3.37. The van der Waals surface area contributed by atoms with E-state index in [2.05, 4.69) is 38.6 Å². The summed E-state index contributed by atoms with van der Waals surface area (Å²) in [6.07, 6.45) is 4.57. The quantitative estimate of drug-likeness (QED) is 0.813. The van der Waals surface area contributed by atoms with Crippen molar-refractivity contribution in [3.05, 3.63) is 40.8 Å². The minimum Gasteiger partial charge on any atom is -0.341 e. The van der Waals surface area contributed by atoms with Crippen LogP contribution in [0, 0.1) is 0 Å². The van der Waals surface area contributed by atoms with Crippen LogP contribution in [-0.4, -0.2) is 23.1 Å². The number of likely N-dealkylation sites (N-methyl/N-ethyl adjacent to an activating group) is 1. The van der Waals surface area contributed by atoms with Gasteiger partial charge in [-0.05, 0) is 41.8 Å². The Morgan fingerprint density at radius 1 is 1.38 bits per heavy atom. The van der Waals surface area contributed by atoms with Crippen molar-refractivity contribution in [1.82, 2.24) is 9.97 Å². The number of nitrogens with zero attached hydrogens (tertiary/aromatic N) is 3. The highest BCUT2D eigenvalue weighted by molar-refractivity contribution is 7.07. The number of hydrogen-bond donors (Lipinski definition) is 0. The van der Waals surface area contributed by atoms with Crippen molar-refractivity contribution >= 4 is 17.3 Å². The molecule has 4 heteroatoms. The number of thiophene rings is 1. The molecule has 0 N–H and O–H groups in total. The summed E-state index contributed by atoms with van der Waals surface area (Å²) in [5, 5.41) is 4.30. The topological polar surface area (TPSA) is 29.0 Å². The molecule has 0 aliphatic heterocycles. The fourth-order valence-corrected chi connectivity index (χ4v) is 2.24. The van der Waals surface area contributed by atoms with E-state index < -0.39 is 0 Å². The van der Waals surface area contributed by atoms with Crippen LogP contribution < -0.4 is 4.90 Å². The fraction of sp³-hybridized carbons (Fsp3) is 0.333. The smallest absolute Gasteiger partial charge is 0.225 e. The lowest BCUT2D eigenvalue weighted by molar-refractivity contribution is 0.666. The lowest BCUT2D eigenvalue weighted by Gasteiger charge is -2.24. The molecule has 16 heavy (non-hydrogen) atoms. The van der Waals surface area contributed by atoms with E-state index >= 15 is 0 Å². The first-order chi connectivity index (χ1) is 7.77. The van der Waals surface area contributed by atoms with Gasteiger partial charge in [-0.15, -0.1) is 0 Å². The molecule has 1 unspecified atom stereocenters. The molecule has 0 aromatic carbocycles. The highest BCUT2D eigenvalue weighted by Crippen LogP contribution is 2.14. The van der Waals surface area contributed by atoms with Gasteiger partial charge in [-0.25, -0.2) is 9.97 Å². The first kappa shape index (κ1) is 11.1. The molecule has 84 valence electrons. The molecule has 0 fully saturated rings. The van der Waals surface area contributed by atoms with E-state index in [-0.39, 0.29) is 0 Å². The Hall–Kier alpha value is -1.42. The van der Waals surface area contributed by atoms with E-state index in [4.69, 9.17) is 0 Å². The van der Waals surface area contributed by atoms with Crippen LogP contribution in [0.25, 0.3) is 0 Å². The van der Waals surface area contributed by atoms with Crippen LogP contribution in [-0.2, 0) is 6.42 Å². The zero-order valence-electron chi connectivity index (χ0n) is 9.50. The summed E-state index contributed by atoms with van der Waals surface area (Å²) in [5.74, 6) is 0.783. The maximum absolute atomic E-state index is 4.25. The SMILES string of the molecule is CC(Cc1ccsc1)N(C)c1ncccn1. The molecular weight excluding hydrogens is 218 g/mol. The Bertz CT molecular complexity index is 413. The molecule has 0 saturated carbocycles.